The zero-order valence-corrected chi connectivity index (χ0v) is 17.6. The van der Waals surface area contributed by atoms with Gasteiger partial charge in [-0.1, -0.05) is 32.9 Å². The molecule has 0 radical (unpaired) electrons. The second kappa shape index (κ2) is 9.76. The van der Waals surface area contributed by atoms with Crippen LogP contribution in [0.1, 0.15) is 45.1 Å². The lowest BCUT2D eigenvalue weighted by Gasteiger charge is -2.34. The van der Waals surface area contributed by atoms with Crippen LogP contribution in [0.4, 0.5) is 0 Å². The molecule has 1 heterocycles. The number of nitrogens with zero attached hydrogens (tertiary/aromatic N) is 2. The highest BCUT2D eigenvalue weighted by Gasteiger charge is 2.30. The molecule has 0 aromatic heterocycles. The molecule has 0 spiro atoms. The third-order valence-electron chi connectivity index (χ3n) is 4.86. The van der Waals surface area contributed by atoms with E-state index >= 15 is 0 Å². The summed E-state index contributed by atoms with van der Waals surface area (Å²) in [6.07, 6.45) is 2.08. The van der Waals surface area contributed by atoms with E-state index in [0.29, 0.717) is 42.7 Å². The highest BCUT2D eigenvalue weighted by atomic mass is 32.2. The Morgan fingerprint density at radius 3 is 2.27 bits per heavy atom. The highest BCUT2D eigenvalue weighted by Crippen LogP contribution is 2.23. The maximum Gasteiger partial charge on any atom is 0.243 e. The molecule has 2 rings (SSSR count). The van der Waals surface area contributed by atoms with Crippen LogP contribution < -0.4 is 0 Å². The van der Waals surface area contributed by atoms with Crippen molar-refractivity contribution in [1.82, 2.24) is 9.21 Å². The molecule has 7 heteroatoms. The van der Waals surface area contributed by atoms with E-state index < -0.39 is 10.0 Å². The molecule has 1 fully saturated rings. The standard InChI is InChI=1S/C19H30N2O3S2/c1-4-14-25-15-19(22)20-10-12-21(13-11-20)26(23,24)18-8-6-17(7-9-18)16(3)5-2/h6-9,16H,4-5,10-15H2,1-3H3. The number of rotatable bonds is 8. The number of benzene rings is 1. The number of thioether (sulfide) groups is 1. The smallest absolute Gasteiger partial charge is 0.243 e. The molecule has 0 saturated carbocycles. The van der Waals surface area contributed by atoms with E-state index in [0.717, 1.165) is 24.2 Å². The first-order valence-corrected chi connectivity index (χ1v) is 11.9. The van der Waals surface area contributed by atoms with Crippen LogP contribution in [-0.2, 0) is 14.8 Å². The molecule has 1 aliphatic rings. The fraction of sp³-hybridized carbons (Fsp3) is 0.632. The fourth-order valence-corrected chi connectivity index (χ4v) is 5.14. The minimum Gasteiger partial charge on any atom is -0.339 e. The Morgan fingerprint density at radius 1 is 1.12 bits per heavy atom. The Kier molecular flexibility index (Phi) is 7.98. The first kappa shape index (κ1) is 21.3. The maximum absolute atomic E-state index is 12.8. The van der Waals surface area contributed by atoms with E-state index in [2.05, 4.69) is 20.8 Å². The number of amides is 1. The summed E-state index contributed by atoms with van der Waals surface area (Å²) in [5.74, 6) is 2.00. The number of hydrogen-bond donors (Lipinski definition) is 0. The summed E-state index contributed by atoms with van der Waals surface area (Å²) in [5, 5.41) is 0. The fourth-order valence-electron chi connectivity index (χ4n) is 2.93. The first-order chi connectivity index (χ1) is 12.4. The van der Waals surface area contributed by atoms with Crippen molar-refractivity contribution >= 4 is 27.7 Å². The van der Waals surface area contributed by atoms with Crippen LogP contribution in [0.25, 0.3) is 0 Å². The Balaban J connectivity index is 1.96. The van der Waals surface area contributed by atoms with Crippen molar-refractivity contribution in [2.75, 3.05) is 37.7 Å². The van der Waals surface area contributed by atoms with Crippen LogP contribution in [0, 0.1) is 0 Å². The van der Waals surface area contributed by atoms with E-state index in [1.54, 1.807) is 28.8 Å². The van der Waals surface area contributed by atoms with Crippen LogP contribution in [0.2, 0.25) is 0 Å². The molecule has 5 nitrogen and oxygen atoms in total. The summed E-state index contributed by atoms with van der Waals surface area (Å²) in [6, 6.07) is 7.23. The Labute approximate surface area is 162 Å². The highest BCUT2D eigenvalue weighted by molar-refractivity contribution is 7.99. The molecule has 1 aliphatic heterocycles. The molecule has 146 valence electrons. The van der Waals surface area contributed by atoms with Crippen molar-refractivity contribution in [1.29, 1.82) is 0 Å². The molecular weight excluding hydrogens is 368 g/mol. The van der Waals surface area contributed by atoms with Crippen molar-refractivity contribution in [2.24, 2.45) is 0 Å². The van der Waals surface area contributed by atoms with Gasteiger partial charge in [-0.3, -0.25) is 4.79 Å². The summed E-state index contributed by atoms with van der Waals surface area (Å²) in [6.45, 7) is 8.01. The number of sulfonamides is 1. The van der Waals surface area contributed by atoms with Crippen LogP contribution in [0.5, 0.6) is 0 Å². The van der Waals surface area contributed by atoms with E-state index in [-0.39, 0.29) is 5.91 Å². The zero-order chi connectivity index (χ0) is 19.2. The van der Waals surface area contributed by atoms with E-state index in [9.17, 15) is 13.2 Å². The molecule has 0 bridgehead atoms. The minimum absolute atomic E-state index is 0.110. The van der Waals surface area contributed by atoms with Crippen LogP contribution in [0.15, 0.2) is 29.2 Å². The zero-order valence-electron chi connectivity index (χ0n) is 16.0. The van der Waals surface area contributed by atoms with Gasteiger partial charge < -0.3 is 4.90 Å². The van der Waals surface area contributed by atoms with E-state index in [4.69, 9.17) is 0 Å². The van der Waals surface area contributed by atoms with Gasteiger partial charge in [0.15, 0.2) is 0 Å². The monoisotopic (exact) mass is 398 g/mol. The molecule has 0 aliphatic carbocycles. The van der Waals surface area contributed by atoms with Crippen molar-refractivity contribution in [2.45, 2.75) is 44.4 Å². The van der Waals surface area contributed by atoms with Crippen molar-refractivity contribution in [3.63, 3.8) is 0 Å². The number of piperazine rings is 1. The number of hydrogen-bond acceptors (Lipinski definition) is 4. The van der Waals surface area contributed by atoms with Crippen LogP contribution in [0.3, 0.4) is 0 Å². The van der Waals surface area contributed by atoms with Gasteiger partial charge in [-0.2, -0.15) is 16.1 Å². The van der Waals surface area contributed by atoms with Crippen molar-refractivity contribution in [3.05, 3.63) is 29.8 Å². The van der Waals surface area contributed by atoms with Gasteiger partial charge in [0, 0.05) is 26.2 Å². The third-order valence-corrected chi connectivity index (χ3v) is 7.93. The van der Waals surface area contributed by atoms with E-state index in [1.807, 2.05) is 12.1 Å². The Hall–Kier alpha value is -1.05. The predicted octanol–water partition coefficient (Wildman–Crippen LogP) is 3.18. The quantitative estimate of drug-likeness (QED) is 0.631. The van der Waals surface area contributed by atoms with Crippen molar-refractivity contribution < 1.29 is 13.2 Å². The lowest BCUT2D eigenvalue weighted by molar-refractivity contribution is -0.129. The van der Waals surface area contributed by atoms with Gasteiger partial charge in [0.2, 0.25) is 15.9 Å². The molecule has 1 amide bonds. The molecule has 1 aromatic rings. The van der Waals surface area contributed by atoms with Gasteiger partial charge >= 0.3 is 0 Å². The maximum atomic E-state index is 12.8. The lowest BCUT2D eigenvalue weighted by atomic mass is 9.99. The number of carbonyl (C=O) groups is 1. The molecule has 26 heavy (non-hydrogen) atoms. The summed E-state index contributed by atoms with van der Waals surface area (Å²) in [5.41, 5.74) is 1.16. The Morgan fingerprint density at radius 2 is 1.73 bits per heavy atom. The molecule has 1 atom stereocenters. The van der Waals surface area contributed by atoms with Gasteiger partial charge in [-0.25, -0.2) is 8.42 Å². The largest absolute Gasteiger partial charge is 0.339 e. The molecule has 1 aromatic carbocycles. The van der Waals surface area contributed by atoms with Gasteiger partial charge in [-0.05, 0) is 42.2 Å². The molecule has 1 unspecified atom stereocenters. The lowest BCUT2D eigenvalue weighted by Crippen LogP contribution is -2.51. The van der Waals surface area contributed by atoms with Gasteiger partial charge in [0.1, 0.15) is 0 Å². The van der Waals surface area contributed by atoms with Gasteiger partial charge in [0.05, 0.1) is 10.6 Å². The molecule has 0 N–H and O–H groups in total. The summed E-state index contributed by atoms with van der Waals surface area (Å²) in [4.78, 5) is 14.3. The average Bonchev–Trinajstić information content (AvgIpc) is 2.67. The second-order valence-electron chi connectivity index (χ2n) is 6.72. The normalized spacial score (nSPS) is 17.3. The van der Waals surface area contributed by atoms with Crippen molar-refractivity contribution in [3.8, 4) is 0 Å². The minimum atomic E-state index is -3.49. The third kappa shape index (κ3) is 5.24. The Bertz CT molecular complexity index is 681. The molecular formula is C19H30N2O3S2. The summed E-state index contributed by atoms with van der Waals surface area (Å²) >= 11 is 1.64. The SMILES string of the molecule is CCCSCC(=O)N1CCN(S(=O)(=O)c2ccc(C(C)CC)cc2)CC1. The average molecular weight is 399 g/mol. The summed E-state index contributed by atoms with van der Waals surface area (Å²) in [7, 11) is -3.49. The van der Waals surface area contributed by atoms with Crippen LogP contribution >= 0.6 is 11.8 Å². The molecule has 1 saturated heterocycles. The first-order valence-electron chi connectivity index (χ1n) is 9.35. The summed E-state index contributed by atoms with van der Waals surface area (Å²) < 4.78 is 27.2. The topological polar surface area (TPSA) is 57.7 Å². The van der Waals surface area contributed by atoms with Crippen LogP contribution in [-0.4, -0.2) is 61.2 Å². The van der Waals surface area contributed by atoms with Gasteiger partial charge in [0.25, 0.3) is 0 Å². The predicted molar refractivity (Wildman–Crippen MR) is 108 cm³/mol. The number of carbonyl (C=O) groups excluding carboxylic acids is 1. The second-order valence-corrected chi connectivity index (χ2v) is 9.76. The van der Waals surface area contributed by atoms with Gasteiger partial charge in [-0.15, -0.1) is 0 Å². The van der Waals surface area contributed by atoms with E-state index in [1.165, 1.54) is 4.31 Å².